The molecular formula is C18H24N6. The number of hydrogen-bond donors (Lipinski definition) is 0. The van der Waals surface area contributed by atoms with Crippen molar-refractivity contribution in [1.29, 1.82) is 0 Å². The van der Waals surface area contributed by atoms with Crippen molar-refractivity contribution in [3.63, 3.8) is 0 Å². The summed E-state index contributed by atoms with van der Waals surface area (Å²) in [4.78, 5) is 22.7. The van der Waals surface area contributed by atoms with Crippen LogP contribution in [-0.2, 0) is 0 Å². The number of hydrogen-bond acceptors (Lipinski definition) is 6. The lowest BCUT2D eigenvalue weighted by Gasteiger charge is -2.36. The van der Waals surface area contributed by atoms with Gasteiger partial charge in [0.25, 0.3) is 0 Å². The Labute approximate surface area is 143 Å². The number of rotatable bonds is 3. The molecule has 0 N–H and O–H groups in total. The molecule has 0 amide bonds. The zero-order valence-corrected chi connectivity index (χ0v) is 14.4. The summed E-state index contributed by atoms with van der Waals surface area (Å²) in [6.07, 6.45) is 5.60. The Morgan fingerprint density at radius 2 is 1.54 bits per heavy atom. The van der Waals surface area contributed by atoms with Crippen LogP contribution in [0.25, 0.3) is 0 Å². The van der Waals surface area contributed by atoms with E-state index in [0.717, 1.165) is 49.3 Å². The van der Waals surface area contributed by atoms with E-state index in [1.807, 2.05) is 19.9 Å². The van der Waals surface area contributed by atoms with Gasteiger partial charge in [-0.05, 0) is 32.8 Å². The Hall–Kier alpha value is -2.24. The first-order chi connectivity index (χ1) is 11.7. The average Bonchev–Trinajstić information content (AvgIpc) is 2.53. The summed E-state index contributed by atoms with van der Waals surface area (Å²) < 4.78 is 0. The normalized spacial score (nSPS) is 18.6. The molecular weight excluding hydrogens is 300 g/mol. The lowest BCUT2D eigenvalue weighted by Crippen LogP contribution is -2.47. The monoisotopic (exact) mass is 324 g/mol. The highest BCUT2D eigenvalue weighted by Crippen LogP contribution is 2.35. The molecule has 1 aliphatic heterocycles. The fourth-order valence-electron chi connectivity index (χ4n) is 3.45. The molecule has 6 heteroatoms. The summed E-state index contributed by atoms with van der Waals surface area (Å²) in [5.41, 5.74) is 3.27. The average molecular weight is 324 g/mol. The molecule has 4 rings (SSSR count). The minimum absolute atomic E-state index is 0.650. The molecule has 0 bridgehead atoms. The third-order valence-corrected chi connectivity index (χ3v) is 5.05. The van der Waals surface area contributed by atoms with Crippen LogP contribution in [0.15, 0.2) is 18.5 Å². The predicted molar refractivity (Wildman–Crippen MR) is 94.6 cm³/mol. The highest BCUT2D eigenvalue weighted by molar-refractivity contribution is 5.43. The van der Waals surface area contributed by atoms with Gasteiger partial charge in [-0.1, -0.05) is 6.42 Å². The van der Waals surface area contributed by atoms with Crippen molar-refractivity contribution in [2.75, 3.05) is 36.0 Å². The summed E-state index contributed by atoms with van der Waals surface area (Å²) in [5.74, 6) is 2.56. The number of piperazine rings is 1. The van der Waals surface area contributed by atoms with Crippen molar-refractivity contribution < 1.29 is 0 Å². The summed E-state index contributed by atoms with van der Waals surface area (Å²) >= 11 is 0. The standard InChI is InChI=1S/C18H24N6/c1-13-10-14(2)22-18(21-13)24-8-6-23(7-9-24)17-11-16(19-12-20-17)15-4-3-5-15/h10-12,15H,3-9H2,1-2H3. The second-order valence-electron chi connectivity index (χ2n) is 6.85. The molecule has 2 aromatic rings. The van der Waals surface area contributed by atoms with E-state index in [1.165, 1.54) is 25.0 Å². The Bertz CT molecular complexity index is 699. The molecule has 3 heterocycles. The van der Waals surface area contributed by atoms with E-state index in [4.69, 9.17) is 0 Å². The van der Waals surface area contributed by atoms with Crippen molar-refractivity contribution in [2.45, 2.75) is 39.0 Å². The Balaban J connectivity index is 1.44. The molecule has 24 heavy (non-hydrogen) atoms. The van der Waals surface area contributed by atoms with Crippen molar-refractivity contribution in [2.24, 2.45) is 0 Å². The molecule has 1 aliphatic carbocycles. The first-order valence-corrected chi connectivity index (χ1v) is 8.83. The molecule has 2 aliphatic rings. The Morgan fingerprint density at radius 3 is 2.17 bits per heavy atom. The highest BCUT2D eigenvalue weighted by Gasteiger charge is 2.24. The summed E-state index contributed by atoms with van der Waals surface area (Å²) in [5, 5.41) is 0. The van der Waals surface area contributed by atoms with Gasteiger partial charge in [-0.3, -0.25) is 0 Å². The van der Waals surface area contributed by atoms with Gasteiger partial charge in [0.15, 0.2) is 0 Å². The van der Waals surface area contributed by atoms with Crippen LogP contribution in [0.1, 0.15) is 42.3 Å². The molecule has 126 valence electrons. The quantitative estimate of drug-likeness (QED) is 0.864. The first-order valence-electron chi connectivity index (χ1n) is 8.83. The fraction of sp³-hybridized carbons (Fsp3) is 0.556. The van der Waals surface area contributed by atoms with Crippen molar-refractivity contribution in [3.8, 4) is 0 Å². The predicted octanol–water partition coefficient (Wildman–Crippen LogP) is 2.48. The third kappa shape index (κ3) is 3.05. The minimum atomic E-state index is 0.650. The van der Waals surface area contributed by atoms with Gasteiger partial charge in [0.05, 0.1) is 0 Å². The fourth-order valence-corrected chi connectivity index (χ4v) is 3.45. The zero-order chi connectivity index (χ0) is 16.5. The molecule has 2 aromatic heterocycles. The van der Waals surface area contributed by atoms with Crippen LogP contribution in [0.4, 0.5) is 11.8 Å². The van der Waals surface area contributed by atoms with E-state index in [1.54, 1.807) is 6.33 Å². The Morgan fingerprint density at radius 1 is 0.875 bits per heavy atom. The second kappa shape index (κ2) is 6.34. The van der Waals surface area contributed by atoms with Gasteiger partial charge in [-0.15, -0.1) is 0 Å². The van der Waals surface area contributed by atoms with Crippen LogP contribution in [0.2, 0.25) is 0 Å². The van der Waals surface area contributed by atoms with E-state index in [0.29, 0.717) is 5.92 Å². The summed E-state index contributed by atoms with van der Waals surface area (Å²) in [6, 6.07) is 4.20. The maximum absolute atomic E-state index is 4.58. The van der Waals surface area contributed by atoms with Crippen LogP contribution >= 0.6 is 0 Å². The van der Waals surface area contributed by atoms with Crippen LogP contribution < -0.4 is 9.80 Å². The number of nitrogens with zero attached hydrogens (tertiary/aromatic N) is 6. The van der Waals surface area contributed by atoms with Gasteiger partial charge in [0.1, 0.15) is 12.1 Å². The summed E-state index contributed by atoms with van der Waals surface area (Å²) in [6.45, 7) is 7.78. The lowest BCUT2D eigenvalue weighted by atomic mass is 9.83. The molecule has 1 saturated carbocycles. The van der Waals surface area contributed by atoms with E-state index in [-0.39, 0.29) is 0 Å². The first kappa shape index (κ1) is 15.3. The maximum Gasteiger partial charge on any atom is 0.225 e. The van der Waals surface area contributed by atoms with Crippen molar-refractivity contribution in [3.05, 3.63) is 35.5 Å². The van der Waals surface area contributed by atoms with Crippen molar-refractivity contribution >= 4 is 11.8 Å². The van der Waals surface area contributed by atoms with Gasteiger partial charge >= 0.3 is 0 Å². The molecule has 2 fully saturated rings. The number of anilines is 2. The van der Waals surface area contributed by atoms with Gasteiger partial charge in [-0.25, -0.2) is 19.9 Å². The van der Waals surface area contributed by atoms with Gasteiger partial charge in [-0.2, -0.15) is 0 Å². The smallest absolute Gasteiger partial charge is 0.225 e. The van der Waals surface area contributed by atoms with E-state index < -0.39 is 0 Å². The van der Waals surface area contributed by atoms with Gasteiger partial charge in [0, 0.05) is 55.2 Å². The van der Waals surface area contributed by atoms with Crippen LogP contribution in [0, 0.1) is 13.8 Å². The topological polar surface area (TPSA) is 58.0 Å². The molecule has 0 atom stereocenters. The minimum Gasteiger partial charge on any atom is -0.353 e. The van der Waals surface area contributed by atoms with Crippen LogP contribution in [0.5, 0.6) is 0 Å². The van der Waals surface area contributed by atoms with Gasteiger partial charge < -0.3 is 9.80 Å². The van der Waals surface area contributed by atoms with Crippen molar-refractivity contribution in [1.82, 2.24) is 19.9 Å². The van der Waals surface area contributed by atoms with E-state index in [2.05, 4.69) is 35.8 Å². The zero-order valence-electron chi connectivity index (χ0n) is 14.4. The molecule has 1 saturated heterocycles. The molecule has 0 unspecified atom stereocenters. The molecule has 6 nitrogen and oxygen atoms in total. The highest BCUT2D eigenvalue weighted by atomic mass is 15.3. The SMILES string of the molecule is Cc1cc(C)nc(N2CCN(c3cc(C4CCC4)ncn3)CC2)n1. The third-order valence-electron chi connectivity index (χ3n) is 5.05. The number of aryl methyl sites for hydroxylation is 2. The van der Waals surface area contributed by atoms with Crippen LogP contribution in [0.3, 0.4) is 0 Å². The van der Waals surface area contributed by atoms with Gasteiger partial charge in [0.2, 0.25) is 5.95 Å². The molecule has 0 radical (unpaired) electrons. The molecule has 0 aromatic carbocycles. The second-order valence-corrected chi connectivity index (χ2v) is 6.85. The maximum atomic E-state index is 4.58. The van der Waals surface area contributed by atoms with E-state index in [9.17, 15) is 0 Å². The largest absolute Gasteiger partial charge is 0.353 e. The molecule has 0 spiro atoms. The Kier molecular flexibility index (Phi) is 4.04. The van der Waals surface area contributed by atoms with Crippen LogP contribution in [-0.4, -0.2) is 46.1 Å². The summed E-state index contributed by atoms with van der Waals surface area (Å²) in [7, 11) is 0. The lowest BCUT2D eigenvalue weighted by molar-refractivity contribution is 0.410. The number of aromatic nitrogens is 4. The van der Waals surface area contributed by atoms with E-state index >= 15 is 0 Å².